The first-order valence-electron chi connectivity index (χ1n) is 7.56. The molecule has 1 aliphatic rings. The van der Waals surface area contributed by atoms with Gasteiger partial charge in [0.05, 0.1) is 0 Å². The first kappa shape index (κ1) is 16.3. The number of methoxy groups -OCH3 is 1. The molecule has 6 heteroatoms. The second-order valence-corrected chi connectivity index (χ2v) is 5.17. The van der Waals surface area contributed by atoms with Gasteiger partial charge >= 0.3 is 6.03 Å². The summed E-state index contributed by atoms with van der Waals surface area (Å²) < 4.78 is 5.38. The van der Waals surface area contributed by atoms with Crippen LogP contribution < -0.4 is 5.32 Å². The number of hydrogen-bond donors (Lipinski definition) is 1. The minimum absolute atomic E-state index is 0.0516. The SMILES string of the molecule is CCNC(=O)N1CCN(C(=O)[C@H](OC)c2ccccc2)CC1. The summed E-state index contributed by atoms with van der Waals surface area (Å²) in [5, 5.41) is 2.78. The van der Waals surface area contributed by atoms with Crippen molar-refractivity contribution in [1.82, 2.24) is 15.1 Å². The number of urea groups is 1. The highest BCUT2D eigenvalue weighted by Crippen LogP contribution is 2.20. The molecule has 0 saturated carbocycles. The molecule has 22 heavy (non-hydrogen) atoms. The number of piperazine rings is 1. The van der Waals surface area contributed by atoms with Crippen LogP contribution in [0.2, 0.25) is 0 Å². The summed E-state index contributed by atoms with van der Waals surface area (Å²) in [6.07, 6.45) is -0.586. The van der Waals surface area contributed by atoms with Crippen LogP contribution in [0, 0.1) is 0 Å². The van der Waals surface area contributed by atoms with Crippen LogP contribution in [0.3, 0.4) is 0 Å². The van der Waals surface area contributed by atoms with Crippen LogP contribution in [0.15, 0.2) is 30.3 Å². The van der Waals surface area contributed by atoms with Gasteiger partial charge in [0.2, 0.25) is 0 Å². The van der Waals surface area contributed by atoms with E-state index in [1.54, 1.807) is 16.9 Å². The minimum Gasteiger partial charge on any atom is -0.367 e. The van der Waals surface area contributed by atoms with Crippen molar-refractivity contribution in [3.05, 3.63) is 35.9 Å². The van der Waals surface area contributed by atoms with Crippen LogP contribution in [0.25, 0.3) is 0 Å². The van der Waals surface area contributed by atoms with Crippen molar-refractivity contribution >= 4 is 11.9 Å². The molecule has 1 aromatic carbocycles. The lowest BCUT2D eigenvalue weighted by Crippen LogP contribution is -2.54. The standard InChI is InChI=1S/C16H23N3O3/c1-3-17-16(21)19-11-9-18(10-12-19)15(20)14(22-2)13-7-5-4-6-8-13/h4-8,14H,3,9-12H2,1-2H3,(H,17,21)/t14-/m1/s1. The first-order chi connectivity index (χ1) is 10.7. The number of carbonyl (C=O) groups is 2. The highest BCUT2D eigenvalue weighted by atomic mass is 16.5. The van der Waals surface area contributed by atoms with E-state index >= 15 is 0 Å². The molecule has 3 amide bonds. The van der Waals surface area contributed by atoms with Gasteiger partial charge in [-0.25, -0.2) is 4.79 Å². The molecule has 1 aliphatic heterocycles. The van der Waals surface area contributed by atoms with Crippen LogP contribution in [0.4, 0.5) is 4.79 Å². The predicted octanol–water partition coefficient (Wildman–Crippen LogP) is 1.25. The zero-order chi connectivity index (χ0) is 15.9. The molecule has 0 spiro atoms. The van der Waals surface area contributed by atoms with Crippen molar-refractivity contribution in [2.24, 2.45) is 0 Å². The first-order valence-corrected chi connectivity index (χ1v) is 7.56. The minimum atomic E-state index is -0.586. The van der Waals surface area contributed by atoms with E-state index in [4.69, 9.17) is 4.74 Å². The smallest absolute Gasteiger partial charge is 0.317 e. The molecule has 0 radical (unpaired) electrons. The van der Waals surface area contributed by atoms with Crippen LogP contribution >= 0.6 is 0 Å². The summed E-state index contributed by atoms with van der Waals surface area (Å²) in [4.78, 5) is 27.9. The fourth-order valence-corrected chi connectivity index (χ4v) is 2.57. The molecule has 6 nitrogen and oxygen atoms in total. The number of rotatable bonds is 4. The van der Waals surface area contributed by atoms with Gasteiger partial charge in [0.25, 0.3) is 5.91 Å². The predicted molar refractivity (Wildman–Crippen MR) is 83.4 cm³/mol. The second kappa shape index (κ2) is 7.79. The van der Waals surface area contributed by atoms with Crippen molar-refractivity contribution in [2.75, 3.05) is 39.8 Å². The third kappa shape index (κ3) is 3.76. The number of nitrogens with zero attached hydrogens (tertiary/aromatic N) is 2. The van der Waals surface area contributed by atoms with Gasteiger partial charge in [-0.05, 0) is 12.5 Å². The maximum absolute atomic E-state index is 12.6. The van der Waals surface area contributed by atoms with E-state index < -0.39 is 6.10 Å². The maximum atomic E-state index is 12.6. The Hall–Kier alpha value is -2.08. The van der Waals surface area contributed by atoms with E-state index in [0.29, 0.717) is 32.7 Å². The van der Waals surface area contributed by atoms with Crippen molar-refractivity contribution in [3.8, 4) is 0 Å². The van der Waals surface area contributed by atoms with Crippen molar-refractivity contribution < 1.29 is 14.3 Å². The van der Waals surface area contributed by atoms with Crippen LogP contribution in [0.1, 0.15) is 18.6 Å². The maximum Gasteiger partial charge on any atom is 0.317 e. The van der Waals surface area contributed by atoms with E-state index in [9.17, 15) is 9.59 Å². The number of hydrogen-bond acceptors (Lipinski definition) is 3. The number of nitrogens with one attached hydrogen (secondary N) is 1. The lowest BCUT2D eigenvalue weighted by atomic mass is 10.1. The van der Waals surface area contributed by atoms with Gasteiger partial charge in [-0.1, -0.05) is 30.3 Å². The fraction of sp³-hybridized carbons (Fsp3) is 0.500. The highest BCUT2D eigenvalue weighted by molar-refractivity contribution is 5.83. The van der Waals surface area contributed by atoms with Gasteiger partial charge in [0, 0.05) is 39.8 Å². The average molecular weight is 305 g/mol. The summed E-state index contributed by atoms with van der Waals surface area (Å²) in [6.45, 7) is 4.65. The largest absolute Gasteiger partial charge is 0.367 e. The third-order valence-corrected chi connectivity index (χ3v) is 3.77. The Morgan fingerprint density at radius 1 is 1.14 bits per heavy atom. The molecule has 1 saturated heterocycles. The molecule has 0 unspecified atom stereocenters. The number of carbonyl (C=O) groups excluding carboxylic acids is 2. The molecule has 0 bridgehead atoms. The molecule has 1 heterocycles. The summed E-state index contributed by atoms with van der Waals surface area (Å²) in [6, 6.07) is 9.39. The summed E-state index contributed by atoms with van der Waals surface area (Å²) in [5.74, 6) is -0.0516. The van der Waals surface area contributed by atoms with Gasteiger partial charge in [0.15, 0.2) is 6.10 Å². The number of benzene rings is 1. The molecule has 1 fully saturated rings. The van der Waals surface area contributed by atoms with E-state index in [-0.39, 0.29) is 11.9 Å². The molecule has 120 valence electrons. The Labute approximate surface area is 131 Å². The third-order valence-electron chi connectivity index (χ3n) is 3.77. The summed E-state index contributed by atoms with van der Waals surface area (Å²) in [7, 11) is 1.54. The van der Waals surface area contributed by atoms with Crippen molar-refractivity contribution in [1.29, 1.82) is 0 Å². The number of amides is 3. The Bertz CT molecular complexity index is 499. The van der Waals surface area contributed by atoms with Crippen molar-refractivity contribution in [2.45, 2.75) is 13.0 Å². The lowest BCUT2D eigenvalue weighted by molar-refractivity contribution is -0.143. The zero-order valence-corrected chi connectivity index (χ0v) is 13.1. The molecule has 2 rings (SSSR count). The Kier molecular flexibility index (Phi) is 5.77. The van der Waals surface area contributed by atoms with Gasteiger partial charge in [0.1, 0.15) is 0 Å². The zero-order valence-electron chi connectivity index (χ0n) is 13.1. The normalized spacial score (nSPS) is 16.3. The molecule has 1 aromatic rings. The molecule has 0 aromatic heterocycles. The Morgan fingerprint density at radius 2 is 1.73 bits per heavy atom. The van der Waals surface area contributed by atoms with Crippen molar-refractivity contribution in [3.63, 3.8) is 0 Å². The van der Waals surface area contributed by atoms with Gasteiger partial charge in [-0.15, -0.1) is 0 Å². The monoisotopic (exact) mass is 305 g/mol. The Balaban J connectivity index is 1.95. The topological polar surface area (TPSA) is 61.9 Å². The van der Waals surface area contributed by atoms with Crippen LogP contribution in [-0.2, 0) is 9.53 Å². The Morgan fingerprint density at radius 3 is 2.27 bits per heavy atom. The van der Waals surface area contributed by atoms with Gasteiger partial charge in [-0.2, -0.15) is 0 Å². The van der Waals surface area contributed by atoms with E-state index in [1.165, 1.54) is 0 Å². The highest BCUT2D eigenvalue weighted by Gasteiger charge is 2.29. The molecule has 1 N–H and O–H groups in total. The molecular weight excluding hydrogens is 282 g/mol. The summed E-state index contributed by atoms with van der Waals surface area (Å²) >= 11 is 0. The quantitative estimate of drug-likeness (QED) is 0.910. The van der Waals surface area contributed by atoms with Gasteiger partial charge < -0.3 is 19.9 Å². The van der Waals surface area contributed by atoms with Crippen LogP contribution in [0.5, 0.6) is 0 Å². The summed E-state index contributed by atoms with van der Waals surface area (Å²) in [5.41, 5.74) is 0.848. The van der Waals surface area contributed by atoms with Crippen LogP contribution in [-0.4, -0.2) is 61.6 Å². The average Bonchev–Trinajstić information content (AvgIpc) is 2.57. The van der Waals surface area contributed by atoms with E-state index in [2.05, 4.69) is 5.32 Å². The van der Waals surface area contributed by atoms with E-state index in [1.807, 2.05) is 37.3 Å². The molecular formula is C16H23N3O3. The lowest BCUT2D eigenvalue weighted by Gasteiger charge is -2.36. The van der Waals surface area contributed by atoms with E-state index in [0.717, 1.165) is 5.56 Å². The second-order valence-electron chi connectivity index (χ2n) is 5.17. The fourth-order valence-electron chi connectivity index (χ4n) is 2.57. The molecule has 1 atom stereocenters. The number of ether oxygens (including phenoxy) is 1. The van der Waals surface area contributed by atoms with Gasteiger partial charge in [-0.3, -0.25) is 4.79 Å². The molecule has 0 aliphatic carbocycles.